The molecule has 0 atom stereocenters. The third-order valence-electron chi connectivity index (χ3n) is 3.41. The zero-order chi connectivity index (χ0) is 13.7. The van der Waals surface area contributed by atoms with Gasteiger partial charge in [-0.3, -0.25) is 4.79 Å². The van der Waals surface area contributed by atoms with Gasteiger partial charge in [0, 0.05) is 19.0 Å². The van der Waals surface area contributed by atoms with Gasteiger partial charge in [0.15, 0.2) is 6.61 Å². The number of benzene rings is 1. The smallest absolute Gasteiger partial charge is 0.260 e. The summed E-state index contributed by atoms with van der Waals surface area (Å²) < 4.78 is 5.47. The molecular formula is C15H18N2O2. The van der Waals surface area contributed by atoms with E-state index in [1.165, 1.54) is 0 Å². The summed E-state index contributed by atoms with van der Waals surface area (Å²) in [5, 5.41) is 8.81. The van der Waals surface area contributed by atoms with Gasteiger partial charge in [0.05, 0.1) is 6.07 Å². The van der Waals surface area contributed by atoms with E-state index in [1.807, 2.05) is 31.2 Å². The molecule has 4 nitrogen and oxygen atoms in total. The Labute approximate surface area is 113 Å². The van der Waals surface area contributed by atoms with Gasteiger partial charge in [-0.1, -0.05) is 17.7 Å². The molecule has 19 heavy (non-hydrogen) atoms. The van der Waals surface area contributed by atoms with Gasteiger partial charge in [-0.2, -0.15) is 5.26 Å². The first-order valence-corrected chi connectivity index (χ1v) is 6.56. The highest BCUT2D eigenvalue weighted by Crippen LogP contribution is 2.16. The molecule has 1 amide bonds. The molecule has 0 unspecified atom stereocenters. The minimum atomic E-state index is -0.00281. The van der Waals surface area contributed by atoms with Gasteiger partial charge >= 0.3 is 0 Å². The Bertz CT molecular complexity index is 468. The quantitative estimate of drug-likeness (QED) is 0.834. The molecule has 0 N–H and O–H groups in total. The second-order valence-electron chi connectivity index (χ2n) is 4.89. The van der Waals surface area contributed by atoms with Gasteiger partial charge in [-0.05, 0) is 31.9 Å². The number of ether oxygens (including phenoxy) is 1. The summed E-state index contributed by atoms with van der Waals surface area (Å²) in [6, 6.07) is 9.90. The number of hydrogen-bond acceptors (Lipinski definition) is 3. The fourth-order valence-corrected chi connectivity index (χ4v) is 2.13. The van der Waals surface area contributed by atoms with Crippen LogP contribution in [-0.4, -0.2) is 30.5 Å². The van der Waals surface area contributed by atoms with Crippen LogP contribution in [0.3, 0.4) is 0 Å². The summed E-state index contributed by atoms with van der Waals surface area (Å²) in [5.74, 6) is 0.810. The van der Waals surface area contributed by atoms with Gasteiger partial charge in [0.2, 0.25) is 0 Å². The van der Waals surface area contributed by atoms with Crippen LogP contribution in [0.4, 0.5) is 0 Å². The number of rotatable bonds is 3. The number of aryl methyl sites for hydroxylation is 1. The summed E-state index contributed by atoms with van der Waals surface area (Å²) in [6.07, 6.45) is 1.54. The molecule has 1 aromatic rings. The second-order valence-corrected chi connectivity index (χ2v) is 4.89. The molecule has 0 aromatic heterocycles. The lowest BCUT2D eigenvalue weighted by atomic mass is 9.99. The van der Waals surface area contributed by atoms with Crippen LogP contribution in [0.2, 0.25) is 0 Å². The minimum absolute atomic E-state index is 0.00281. The SMILES string of the molecule is Cc1ccc(OCC(=O)N2CCC(C#N)CC2)cc1. The van der Waals surface area contributed by atoms with Gasteiger partial charge in [0.1, 0.15) is 5.75 Å². The first kappa shape index (κ1) is 13.4. The van der Waals surface area contributed by atoms with E-state index in [1.54, 1.807) is 4.90 Å². The lowest BCUT2D eigenvalue weighted by molar-refractivity contribution is -0.134. The third kappa shape index (κ3) is 3.72. The van der Waals surface area contributed by atoms with Gasteiger partial charge in [-0.15, -0.1) is 0 Å². The molecule has 2 rings (SSSR count). The van der Waals surface area contributed by atoms with Crippen molar-refractivity contribution in [3.8, 4) is 11.8 Å². The molecule has 0 spiro atoms. The highest BCUT2D eigenvalue weighted by Gasteiger charge is 2.22. The fraction of sp³-hybridized carbons (Fsp3) is 0.467. The fourth-order valence-electron chi connectivity index (χ4n) is 2.13. The summed E-state index contributed by atoms with van der Waals surface area (Å²) in [4.78, 5) is 13.7. The highest BCUT2D eigenvalue weighted by atomic mass is 16.5. The average molecular weight is 258 g/mol. The van der Waals surface area contributed by atoms with Crippen molar-refractivity contribution in [2.75, 3.05) is 19.7 Å². The summed E-state index contributed by atoms with van der Waals surface area (Å²) in [7, 11) is 0. The molecule has 0 radical (unpaired) electrons. The zero-order valence-corrected chi connectivity index (χ0v) is 11.1. The molecule has 4 heteroatoms. The number of piperidine rings is 1. The second kappa shape index (κ2) is 6.24. The topological polar surface area (TPSA) is 53.3 Å². The maximum Gasteiger partial charge on any atom is 0.260 e. The lowest BCUT2D eigenvalue weighted by Crippen LogP contribution is -2.40. The minimum Gasteiger partial charge on any atom is -0.484 e. The molecule has 1 saturated heterocycles. The monoisotopic (exact) mass is 258 g/mol. The average Bonchev–Trinajstić information content (AvgIpc) is 2.46. The first-order valence-electron chi connectivity index (χ1n) is 6.56. The van der Waals surface area contributed by atoms with E-state index in [0.29, 0.717) is 18.8 Å². The molecular weight excluding hydrogens is 240 g/mol. The molecule has 0 bridgehead atoms. The van der Waals surface area contributed by atoms with Crippen LogP contribution >= 0.6 is 0 Å². The van der Waals surface area contributed by atoms with E-state index in [-0.39, 0.29) is 18.4 Å². The van der Waals surface area contributed by atoms with E-state index in [0.717, 1.165) is 18.4 Å². The number of nitriles is 1. The predicted octanol–water partition coefficient (Wildman–Crippen LogP) is 2.14. The Balaban J connectivity index is 1.79. The number of hydrogen-bond donors (Lipinski definition) is 0. The zero-order valence-electron chi connectivity index (χ0n) is 11.1. The van der Waals surface area contributed by atoms with E-state index in [9.17, 15) is 4.79 Å². The number of carbonyl (C=O) groups is 1. The molecule has 0 saturated carbocycles. The van der Waals surface area contributed by atoms with Crippen LogP contribution in [0.1, 0.15) is 18.4 Å². The van der Waals surface area contributed by atoms with Crippen LogP contribution in [0, 0.1) is 24.2 Å². The molecule has 1 fully saturated rings. The Kier molecular flexibility index (Phi) is 4.40. The van der Waals surface area contributed by atoms with Crippen LogP contribution in [0.15, 0.2) is 24.3 Å². The normalized spacial score (nSPS) is 15.9. The summed E-state index contributed by atoms with van der Waals surface area (Å²) in [5.41, 5.74) is 1.16. The van der Waals surface area contributed by atoms with Crippen molar-refractivity contribution in [3.05, 3.63) is 29.8 Å². The van der Waals surface area contributed by atoms with Crippen molar-refractivity contribution in [2.45, 2.75) is 19.8 Å². The van der Waals surface area contributed by atoms with Crippen LogP contribution < -0.4 is 4.74 Å². The Morgan fingerprint density at radius 2 is 2.00 bits per heavy atom. The van der Waals surface area contributed by atoms with E-state index >= 15 is 0 Å². The van der Waals surface area contributed by atoms with Crippen molar-refractivity contribution in [3.63, 3.8) is 0 Å². The van der Waals surface area contributed by atoms with Crippen molar-refractivity contribution in [1.29, 1.82) is 5.26 Å². The van der Waals surface area contributed by atoms with E-state index in [2.05, 4.69) is 6.07 Å². The molecule has 1 aromatic carbocycles. The van der Waals surface area contributed by atoms with Gasteiger partial charge in [0.25, 0.3) is 5.91 Å². The van der Waals surface area contributed by atoms with Crippen LogP contribution in [-0.2, 0) is 4.79 Å². The van der Waals surface area contributed by atoms with Crippen molar-refractivity contribution < 1.29 is 9.53 Å². The predicted molar refractivity (Wildman–Crippen MR) is 71.6 cm³/mol. The van der Waals surface area contributed by atoms with Crippen LogP contribution in [0.5, 0.6) is 5.75 Å². The van der Waals surface area contributed by atoms with E-state index in [4.69, 9.17) is 10.00 Å². The molecule has 0 aliphatic carbocycles. The number of carbonyl (C=O) groups excluding carboxylic acids is 1. The molecule has 1 aliphatic heterocycles. The molecule has 1 heterocycles. The van der Waals surface area contributed by atoms with Gasteiger partial charge < -0.3 is 9.64 Å². The van der Waals surface area contributed by atoms with E-state index < -0.39 is 0 Å². The number of amides is 1. The standard InChI is InChI=1S/C15H18N2O2/c1-12-2-4-14(5-3-12)19-11-15(18)17-8-6-13(10-16)7-9-17/h2-5,13H,6-9,11H2,1H3. The van der Waals surface area contributed by atoms with Crippen molar-refractivity contribution in [2.24, 2.45) is 5.92 Å². The Morgan fingerprint density at radius 3 is 2.58 bits per heavy atom. The van der Waals surface area contributed by atoms with Crippen molar-refractivity contribution in [1.82, 2.24) is 4.90 Å². The van der Waals surface area contributed by atoms with Crippen molar-refractivity contribution >= 4 is 5.91 Å². The largest absolute Gasteiger partial charge is 0.484 e. The molecule has 1 aliphatic rings. The number of nitrogens with zero attached hydrogens (tertiary/aromatic N) is 2. The maximum absolute atomic E-state index is 12.0. The molecule has 100 valence electrons. The summed E-state index contributed by atoms with van der Waals surface area (Å²) in [6.45, 7) is 3.40. The summed E-state index contributed by atoms with van der Waals surface area (Å²) >= 11 is 0. The Hall–Kier alpha value is -2.02. The number of likely N-dealkylation sites (tertiary alicyclic amines) is 1. The van der Waals surface area contributed by atoms with Gasteiger partial charge in [-0.25, -0.2) is 0 Å². The van der Waals surface area contributed by atoms with Crippen LogP contribution in [0.25, 0.3) is 0 Å². The lowest BCUT2D eigenvalue weighted by Gasteiger charge is -2.29. The third-order valence-corrected chi connectivity index (χ3v) is 3.41. The first-order chi connectivity index (χ1) is 9.19. The Morgan fingerprint density at radius 1 is 1.37 bits per heavy atom. The maximum atomic E-state index is 12.0. The highest BCUT2D eigenvalue weighted by molar-refractivity contribution is 5.77.